The molecule has 0 fully saturated rings. The molecule has 0 aliphatic carbocycles. The number of hydrogen-bond donors (Lipinski definition) is 0. The zero-order valence-electron chi connectivity index (χ0n) is 10.5. The first-order valence-electron chi connectivity index (χ1n) is 6.12. The van der Waals surface area contributed by atoms with E-state index in [1.807, 2.05) is 42.5 Å². The minimum Gasteiger partial charge on any atom is -0.207 e. The Kier molecular flexibility index (Phi) is 3.41. The highest BCUT2D eigenvalue weighted by atomic mass is 32.2. The van der Waals surface area contributed by atoms with Gasteiger partial charge in [-0.3, -0.25) is 0 Å². The largest absolute Gasteiger partial charge is 0.207 e. The van der Waals surface area contributed by atoms with Crippen molar-refractivity contribution < 1.29 is 4.39 Å². The molecular weight excluding hydrogens is 269 g/mol. The Labute approximate surface area is 120 Å². The molecule has 0 heterocycles. The van der Waals surface area contributed by atoms with Gasteiger partial charge < -0.3 is 0 Å². The maximum atomic E-state index is 13.2. The lowest BCUT2D eigenvalue weighted by Gasteiger charge is -2.05. The van der Waals surface area contributed by atoms with Crippen LogP contribution >= 0.6 is 11.8 Å². The predicted octanol–water partition coefficient (Wildman–Crippen LogP) is 5.00. The molecule has 0 aliphatic rings. The van der Waals surface area contributed by atoms with Gasteiger partial charge in [0.1, 0.15) is 5.82 Å². The molecule has 3 rings (SSSR count). The van der Waals surface area contributed by atoms with Crippen LogP contribution in [0.3, 0.4) is 0 Å². The molecule has 0 spiro atoms. The third-order valence-electron chi connectivity index (χ3n) is 3.00. The second-order valence-corrected chi connectivity index (χ2v) is 5.51. The molecule has 3 heteroatoms. The van der Waals surface area contributed by atoms with Crippen molar-refractivity contribution in [2.45, 2.75) is 9.79 Å². The Balaban J connectivity index is 2.00. The van der Waals surface area contributed by atoms with E-state index >= 15 is 0 Å². The van der Waals surface area contributed by atoms with E-state index in [0.717, 1.165) is 20.6 Å². The van der Waals surface area contributed by atoms with Crippen LogP contribution in [-0.2, 0) is 0 Å². The van der Waals surface area contributed by atoms with Crippen LogP contribution in [0.4, 0.5) is 4.39 Å². The summed E-state index contributed by atoms with van der Waals surface area (Å²) in [5, 5.41) is 11.0. The average Bonchev–Trinajstić information content (AvgIpc) is 2.46. The highest BCUT2D eigenvalue weighted by Gasteiger charge is 2.03. The summed E-state index contributed by atoms with van der Waals surface area (Å²) < 4.78 is 13.2. The minimum atomic E-state index is -0.234. The van der Waals surface area contributed by atoms with Crippen LogP contribution in [-0.4, -0.2) is 0 Å². The van der Waals surface area contributed by atoms with Gasteiger partial charge in [0.2, 0.25) is 0 Å². The van der Waals surface area contributed by atoms with E-state index in [1.165, 1.54) is 23.9 Å². The molecule has 0 atom stereocenters. The quantitative estimate of drug-likeness (QED) is 0.659. The molecule has 1 nitrogen and oxygen atoms in total. The predicted molar refractivity (Wildman–Crippen MR) is 79.2 cm³/mol. The van der Waals surface area contributed by atoms with Crippen LogP contribution in [0.25, 0.3) is 10.8 Å². The summed E-state index contributed by atoms with van der Waals surface area (Å²) in [6.45, 7) is 0. The van der Waals surface area contributed by atoms with Gasteiger partial charge in [0.25, 0.3) is 0 Å². The molecule has 0 saturated heterocycles. The lowest BCUT2D eigenvalue weighted by Crippen LogP contribution is -1.81. The number of halogens is 1. The van der Waals surface area contributed by atoms with Crippen molar-refractivity contribution in [2.24, 2.45) is 0 Å². The van der Waals surface area contributed by atoms with Gasteiger partial charge in [-0.15, -0.1) is 0 Å². The van der Waals surface area contributed by atoms with Crippen LogP contribution in [0.2, 0.25) is 0 Å². The molecule has 0 N–H and O–H groups in total. The molecule has 0 amide bonds. The van der Waals surface area contributed by atoms with Crippen molar-refractivity contribution in [1.82, 2.24) is 0 Å². The fourth-order valence-corrected chi connectivity index (χ4v) is 3.00. The van der Waals surface area contributed by atoms with Gasteiger partial charge in [0.05, 0.1) is 11.6 Å². The number of hydrogen-bond acceptors (Lipinski definition) is 2. The topological polar surface area (TPSA) is 23.8 Å². The van der Waals surface area contributed by atoms with Crippen LogP contribution in [0.15, 0.2) is 70.5 Å². The van der Waals surface area contributed by atoms with Crippen molar-refractivity contribution in [1.29, 1.82) is 5.26 Å². The van der Waals surface area contributed by atoms with Crippen LogP contribution in [0.1, 0.15) is 5.56 Å². The molecule has 20 heavy (non-hydrogen) atoms. The number of nitriles is 1. The molecule has 0 saturated carbocycles. The second-order valence-electron chi connectivity index (χ2n) is 4.36. The fraction of sp³-hybridized carbons (Fsp3) is 0. The molecule has 0 radical (unpaired) electrons. The van der Waals surface area contributed by atoms with Gasteiger partial charge in [0, 0.05) is 9.79 Å². The molecule has 0 aliphatic heterocycles. The molecule has 0 unspecified atom stereocenters. The summed E-state index contributed by atoms with van der Waals surface area (Å²) in [4.78, 5) is 1.89. The van der Waals surface area contributed by atoms with Gasteiger partial charge in [-0.25, -0.2) is 4.39 Å². The molecule has 0 bridgehead atoms. The summed E-state index contributed by atoms with van der Waals surface area (Å²) in [5.41, 5.74) is 0.671. The summed E-state index contributed by atoms with van der Waals surface area (Å²) in [6, 6.07) is 20.3. The maximum Gasteiger partial charge on any atom is 0.124 e. The highest BCUT2D eigenvalue weighted by Crippen LogP contribution is 2.31. The summed E-state index contributed by atoms with van der Waals surface area (Å²) in [7, 11) is 0. The summed E-state index contributed by atoms with van der Waals surface area (Å²) in [6.07, 6.45) is 0. The lowest BCUT2D eigenvalue weighted by atomic mass is 10.1. The van der Waals surface area contributed by atoms with Crippen LogP contribution < -0.4 is 0 Å². The second kappa shape index (κ2) is 5.36. The summed E-state index contributed by atoms with van der Waals surface area (Å²) in [5.74, 6) is -0.234. The molecule has 3 aromatic rings. The van der Waals surface area contributed by atoms with Crippen molar-refractivity contribution in [2.75, 3.05) is 0 Å². The van der Waals surface area contributed by atoms with Gasteiger partial charge in [-0.1, -0.05) is 36.0 Å². The van der Waals surface area contributed by atoms with Crippen LogP contribution in [0.5, 0.6) is 0 Å². The number of nitrogens with zero attached hydrogens (tertiary/aromatic N) is 1. The van der Waals surface area contributed by atoms with Crippen molar-refractivity contribution in [3.05, 3.63) is 72.0 Å². The van der Waals surface area contributed by atoms with E-state index < -0.39 is 0 Å². The molecule has 96 valence electrons. The van der Waals surface area contributed by atoms with Gasteiger partial charge in [0.15, 0.2) is 0 Å². The normalized spacial score (nSPS) is 10.4. The number of benzene rings is 3. The standard InChI is InChI=1S/C17H10FNS/c18-14-5-2-6-15(10-14)20-16-7-8-17-12(9-16)3-1-4-13(17)11-19/h1-10H. The lowest BCUT2D eigenvalue weighted by molar-refractivity contribution is 0.624. The van der Waals surface area contributed by atoms with E-state index in [0.29, 0.717) is 5.56 Å². The minimum absolute atomic E-state index is 0.234. The van der Waals surface area contributed by atoms with E-state index in [-0.39, 0.29) is 5.82 Å². The summed E-state index contributed by atoms with van der Waals surface area (Å²) >= 11 is 1.51. The fourth-order valence-electron chi connectivity index (χ4n) is 2.09. The first-order valence-corrected chi connectivity index (χ1v) is 6.94. The van der Waals surface area contributed by atoms with Crippen molar-refractivity contribution in [3.63, 3.8) is 0 Å². The van der Waals surface area contributed by atoms with Crippen molar-refractivity contribution >= 4 is 22.5 Å². The van der Waals surface area contributed by atoms with E-state index in [4.69, 9.17) is 5.26 Å². The number of rotatable bonds is 2. The smallest absolute Gasteiger partial charge is 0.124 e. The molecule has 3 aromatic carbocycles. The van der Waals surface area contributed by atoms with E-state index in [2.05, 4.69) is 6.07 Å². The Hall–Kier alpha value is -2.31. The van der Waals surface area contributed by atoms with E-state index in [9.17, 15) is 4.39 Å². The Morgan fingerprint density at radius 2 is 1.70 bits per heavy atom. The first kappa shape index (κ1) is 12.7. The Morgan fingerprint density at radius 3 is 2.50 bits per heavy atom. The Morgan fingerprint density at radius 1 is 0.900 bits per heavy atom. The van der Waals surface area contributed by atoms with Crippen molar-refractivity contribution in [3.8, 4) is 6.07 Å². The maximum absolute atomic E-state index is 13.2. The third-order valence-corrected chi connectivity index (χ3v) is 3.98. The van der Waals surface area contributed by atoms with Crippen LogP contribution in [0, 0.1) is 17.1 Å². The average molecular weight is 279 g/mol. The Bertz CT molecular complexity index is 821. The molecular formula is C17H10FNS. The number of fused-ring (bicyclic) bond motifs is 1. The highest BCUT2D eigenvalue weighted by molar-refractivity contribution is 7.99. The zero-order valence-corrected chi connectivity index (χ0v) is 11.3. The third kappa shape index (κ3) is 2.52. The first-order chi connectivity index (χ1) is 9.76. The van der Waals surface area contributed by atoms with Gasteiger partial charge in [-0.2, -0.15) is 5.26 Å². The monoisotopic (exact) mass is 279 g/mol. The van der Waals surface area contributed by atoms with Gasteiger partial charge >= 0.3 is 0 Å². The van der Waals surface area contributed by atoms with E-state index in [1.54, 1.807) is 6.07 Å². The molecule has 0 aromatic heterocycles. The zero-order chi connectivity index (χ0) is 13.9. The SMILES string of the molecule is N#Cc1cccc2cc(Sc3cccc(F)c3)ccc12. The van der Waals surface area contributed by atoms with Gasteiger partial charge in [-0.05, 0) is 47.2 Å².